The summed E-state index contributed by atoms with van der Waals surface area (Å²) >= 11 is 0. The van der Waals surface area contributed by atoms with Crippen molar-refractivity contribution >= 4 is 17.6 Å². The first-order chi connectivity index (χ1) is 16.8. The Morgan fingerprint density at radius 2 is 1.94 bits per heavy atom. The maximum atomic E-state index is 13.3. The maximum absolute atomic E-state index is 13.3. The highest BCUT2D eigenvalue weighted by Crippen LogP contribution is 2.18. The van der Waals surface area contributed by atoms with Gasteiger partial charge in [-0.2, -0.15) is 10.1 Å². The largest absolute Gasteiger partial charge is 0.370 e. The van der Waals surface area contributed by atoms with Crippen LogP contribution in [0.4, 0.5) is 0 Å². The molecule has 1 aliphatic rings. The van der Waals surface area contributed by atoms with Crippen molar-refractivity contribution < 1.29 is 14.3 Å². The molecule has 35 heavy (non-hydrogen) atoms. The van der Waals surface area contributed by atoms with E-state index in [1.165, 1.54) is 6.33 Å². The predicted molar refractivity (Wildman–Crippen MR) is 132 cm³/mol. The second kappa shape index (κ2) is 10.9. The molecule has 1 atom stereocenters. The van der Waals surface area contributed by atoms with Gasteiger partial charge in [0, 0.05) is 37.4 Å². The lowest BCUT2D eigenvalue weighted by molar-refractivity contribution is -0.139. The van der Waals surface area contributed by atoms with Crippen LogP contribution in [0.15, 0.2) is 36.7 Å². The maximum Gasteiger partial charge on any atom is 0.252 e. The Balaban J connectivity index is 1.46. The highest BCUT2D eigenvalue weighted by Gasteiger charge is 2.31. The first kappa shape index (κ1) is 24.8. The fourth-order valence-electron chi connectivity index (χ4n) is 4.59. The van der Waals surface area contributed by atoms with Gasteiger partial charge in [-0.05, 0) is 37.3 Å². The highest BCUT2D eigenvalue weighted by molar-refractivity contribution is 5.85. The van der Waals surface area contributed by atoms with E-state index in [0.717, 1.165) is 22.5 Å². The number of nitrogens with zero attached hydrogens (tertiary/aromatic N) is 6. The molecular formula is C26H34N6O3. The van der Waals surface area contributed by atoms with E-state index in [1.54, 1.807) is 9.42 Å². The normalized spacial score (nSPS) is 16.8. The summed E-state index contributed by atoms with van der Waals surface area (Å²) in [7, 11) is 0. The summed E-state index contributed by atoms with van der Waals surface area (Å²) < 4.78 is 7.91. The van der Waals surface area contributed by atoms with Crippen molar-refractivity contribution in [2.45, 2.75) is 53.2 Å². The zero-order valence-electron chi connectivity index (χ0n) is 21.0. The molecule has 3 aromatic rings. The number of hydrogen-bond donors (Lipinski definition) is 0. The third-order valence-corrected chi connectivity index (χ3v) is 6.37. The minimum absolute atomic E-state index is 0.0316. The first-order valence-electron chi connectivity index (χ1n) is 12.2. The Kier molecular flexibility index (Phi) is 7.75. The van der Waals surface area contributed by atoms with Crippen LogP contribution in [0.1, 0.15) is 42.8 Å². The van der Waals surface area contributed by atoms with Crippen LogP contribution in [0.2, 0.25) is 0 Å². The number of hydrogen-bond acceptors (Lipinski definition) is 6. The topological polar surface area (TPSA) is 92.9 Å². The van der Waals surface area contributed by atoms with E-state index in [4.69, 9.17) is 4.74 Å². The van der Waals surface area contributed by atoms with E-state index < -0.39 is 0 Å². The Hall–Kier alpha value is -3.33. The van der Waals surface area contributed by atoms with E-state index in [2.05, 4.69) is 28.9 Å². The van der Waals surface area contributed by atoms with E-state index in [-0.39, 0.29) is 30.9 Å². The van der Waals surface area contributed by atoms with Gasteiger partial charge in [-0.3, -0.25) is 9.59 Å². The van der Waals surface area contributed by atoms with Crippen molar-refractivity contribution in [1.82, 2.24) is 29.4 Å². The minimum atomic E-state index is -0.249. The van der Waals surface area contributed by atoms with Gasteiger partial charge in [-0.25, -0.2) is 9.50 Å². The summed E-state index contributed by atoms with van der Waals surface area (Å²) in [5, 5.41) is 4.23. The molecule has 4 rings (SSSR count). The van der Waals surface area contributed by atoms with Gasteiger partial charge in [-0.1, -0.05) is 44.2 Å². The Morgan fingerprint density at radius 3 is 2.69 bits per heavy atom. The van der Waals surface area contributed by atoms with Crippen molar-refractivity contribution in [3.05, 3.63) is 59.2 Å². The number of carbonyl (C=O) groups is 2. The number of amides is 2. The van der Waals surface area contributed by atoms with Gasteiger partial charge in [0.1, 0.15) is 6.33 Å². The molecule has 0 radical (unpaired) electrons. The van der Waals surface area contributed by atoms with Gasteiger partial charge in [0.15, 0.2) is 0 Å². The average Bonchev–Trinajstić information content (AvgIpc) is 3.23. The summed E-state index contributed by atoms with van der Waals surface area (Å²) in [6.45, 7) is 10.1. The van der Waals surface area contributed by atoms with Gasteiger partial charge in [0.05, 0.1) is 19.3 Å². The van der Waals surface area contributed by atoms with Crippen molar-refractivity contribution in [3.8, 4) is 0 Å². The molecule has 1 aliphatic heterocycles. The lowest BCUT2D eigenvalue weighted by atomic mass is 10.1. The average molecular weight is 479 g/mol. The highest BCUT2D eigenvalue weighted by atomic mass is 16.5. The van der Waals surface area contributed by atoms with Crippen LogP contribution in [0.5, 0.6) is 0 Å². The number of aromatic nitrogens is 4. The quantitative estimate of drug-likeness (QED) is 0.494. The lowest BCUT2D eigenvalue weighted by Gasteiger charge is -2.26. The third kappa shape index (κ3) is 6.03. The lowest BCUT2D eigenvalue weighted by Crippen LogP contribution is -2.40. The fourth-order valence-corrected chi connectivity index (χ4v) is 4.59. The number of rotatable bonds is 8. The van der Waals surface area contributed by atoms with Gasteiger partial charge < -0.3 is 14.5 Å². The van der Waals surface area contributed by atoms with E-state index >= 15 is 0 Å². The molecule has 1 fully saturated rings. The van der Waals surface area contributed by atoms with Gasteiger partial charge >= 0.3 is 0 Å². The number of carbonyl (C=O) groups excluding carboxylic acids is 2. The van der Waals surface area contributed by atoms with Gasteiger partial charge in [0.25, 0.3) is 5.78 Å². The number of ether oxygens (including phenoxy) is 1. The molecule has 2 amide bonds. The summed E-state index contributed by atoms with van der Waals surface area (Å²) in [5.41, 5.74) is 3.82. The molecule has 9 nitrogen and oxygen atoms in total. The van der Waals surface area contributed by atoms with Crippen molar-refractivity contribution in [2.24, 2.45) is 5.92 Å². The molecule has 0 saturated carbocycles. The van der Waals surface area contributed by atoms with Crippen LogP contribution in [-0.2, 0) is 27.4 Å². The molecule has 0 aliphatic carbocycles. The molecule has 0 spiro atoms. The van der Waals surface area contributed by atoms with Crippen LogP contribution in [0, 0.1) is 19.8 Å². The Morgan fingerprint density at radius 1 is 1.17 bits per heavy atom. The zero-order chi connectivity index (χ0) is 24.9. The van der Waals surface area contributed by atoms with Crippen LogP contribution in [0.25, 0.3) is 5.78 Å². The monoisotopic (exact) mass is 478 g/mol. The molecule has 0 bridgehead atoms. The van der Waals surface area contributed by atoms with E-state index in [1.807, 2.05) is 49.1 Å². The molecule has 186 valence electrons. The first-order valence-corrected chi connectivity index (χ1v) is 12.2. The number of aryl methyl sites for hydroxylation is 2. The third-order valence-electron chi connectivity index (χ3n) is 6.37. The van der Waals surface area contributed by atoms with E-state index in [0.29, 0.717) is 44.4 Å². The molecule has 0 N–H and O–H groups in total. The van der Waals surface area contributed by atoms with Crippen molar-refractivity contribution in [1.29, 1.82) is 0 Å². The summed E-state index contributed by atoms with van der Waals surface area (Å²) in [5.74, 6) is 0.796. The minimum Gasteiger partial charge on any atom is -0.370 e. The van der Waals surface area contributed by atoms with Gasteiger partial charge in [0.2, 0.25) is 11.8 Å². The smallest absolute Gasteiger partial charge is 0.252 e. The SMILES string of the molecule is Cc1nc2ncnn2c(C)c1CCC(=O)N1CC(=O)N(CC(C)C)C[C@H](OCc2ccccc2)C1. The predicted octanol–water partition coefficient (Wildman–Crippen LogP) is 2.59. The molecule has 0 unspecified atom stereocenters. The summed E-state index contributed by atoms with van der Waals surface area (Å²) in [6.07, 6.45) is 2.04. The fraction of sp³-hybridized carbons (Fsp3) is 0.500. The summed E-state index contributed by atoms with van der Waals surface area (Å²) in [4.78, 5) is 38.5. The van der Waals surface area contributed by atoms with Crippen LogP contribution in [-0.4, -0.2) is 73.5 Å². The van der Waals surface area contributed by atoms with Crippen LogP contribution >= 0.6 is 0 Å². The molecule has 3 heterocycles. The molecule has 1 saturated heterocycles. The molecule has 2 aromatic heterocycles. The standard InChI is InChI=1S/C26H34N6O3/c1-18(2)12-30-13-22(35-16-21-8-6-5-7-9-21)14-31(15-25(30)34)24(33)11-10-23-19(3)29-26-27-17-28-32(26)20(23)4/h5-9,17-18,22H,10-16H2,1-4H3/t22-/m0/s1. The molecule has 1 aromatic carbocycles. The van der Waals surface area contributed by atoms with Crippen molar-refractivity contribution in [3.63, 3.8) is 0 Å². The van der Waals surface area contributed by atoms with Crippen LogP contribution in [0.3, 0.4) is 0 Å². The van der Waals surface area contributed by atoms with Gasteiger partial charge in [-0.15, -0.1) is 0 Å². The van der Waals surface area contributed by atoms with Crippen LogP contribution < -0.4 is 0 Å². The molecular weight excluding hydrogens is 444 g/mol. The van der Waals surface area contributed by atoms with E-state index in [9.17, 15) is 9.59 Å². The Labute approximate surface area is 206 Å². The second-order valence-electron chi connectivity index (χ2n) is 9.62. The Bertz CT molecular complexity index is 1180. The second-order valence-corrected chi connectivity index (χ2v) is 9.62. The zero-order valence-corrected chi connectivity index (χ0v) is 21.0. The molecule has 9 heteroatoms. The van der Waals surface area contributed by atoms with Crippen molar-refractivity contribution in [2.75, 3.05) is 26.2 Å². The summed E-state index contributed by atoms with van der Waals surface area (Å²) in [6, 6.07) is 9.96. The number of fused-ring (bicyclic) bond motifs is 1. The number of benzene rings is 1.